The molecule has 2 aromatic carbocycles. The van der Waals surface area contributed by atoms with E-state index in [9.17, 15) is 9.18 Å². The molecule has 1 aliphatic rings. The molecule has 0 aliphatic carbocycles. The van der Waals surface area contributed by atoms with Gasteiger partial charge in [-0.25, -0.2) is 9.37 Å². The summed E-state index contributed by atoms with van der Waals surface area (Å²) in [5.74, 6) is 0.488. The molecule has 2 heterocycles. The molecule has 1 amide bonds. The number of thiazole rings is 1. The van der Waals surface area contributed by atoms with Crippen LogP contribution in [0.3, 0.4) is 0 Å². The second-order valence-electron chi connectivity index (χ2n) is 6.21. The van der Waals surface area contributed by atoms with Gasteiger partial charge in [0.05, 0.1) is 17.2 Å². The lowest BCUT2D eigenvalue weighted by Crippen LogP contribution is -2.42. The maximum absolute atomic E-state index is 13.0. The normalized spacial score (nSPS) is 15.8. The van der Waals surface area contributed by atoms with Crippen molar-refractivity contribution in [3.63, 3.8) is 0 Å². The molecular formula is C20H17FN2O2S. The fourth-order valence-electron chi connectivity index (χ4n) is 2.95. The third-order valence-corrected chi connectivity index (χ3v) is 5.26. The fourth-order valence-corrected chi connectivity index (χ4v) is 3.81. The number of nitrogens with zero attached hydrogens (tertiary/aromatic N) is 1. The summed E-state index contributed by atoms with van der Waals surface area (Å²) in [6.45, 7) is 0.462. The lowest BCUT2D eigenvalue weighted by Gasteiger charge is -2.25. The van der Waals surface area contributed by atoms with E-state index in [1.807, 2.05) is 24.3 Å². The highest BCUT2D eigenvalue weighted by molar-refractivity contribution is 7.13. The Morgan fingerprint density at radius 3 is 2.88 bits per heavy atom. The molecule has 3 aromatic rings. The van der Waals surface area contributed by atoms with Crippen LogP contribution < -0.4 is 10.1 Å². The Morgan fingerprint density at radius 1 is 1.23 bits per heavy atom. The quantitative estimate of drug-likeness (QED) is 0.765. The molecule has 0 radical (unpaired) electrons. The average Bonchev–Trinajstić information content (AvgIpc) is 3.12. The van der Waals surface area contributed by atoms with Crippen LogP contribution in [-0.2, 0) is 12.8 Å². The third-order valence-electron chi connectivity index (χ3n) is 4.26. The van der Waals surface area contributed by atoms with Gasteiger partial charge in [0.15, 0.2) is 0 Å². The molecule has 0 fully saturated rings. The van der Waals surface area contributed by atoms with Gasteiger partial charge < -0.3 is 10.1 Å². The van der Waals surface area contributed by atoms with E-state index in [2.05, 4.69) is 10.3 Å². The van der Waals surface area contributed by atoms with E-state index >= 15 is 0 Å². The molecule has 132 valence electrons. The maximum atomic E-state index is 13.0. The van der Waals surface area contributed by atoms with E-state index in [0.717, 1.165) is 28.3 Å². The van der Waals surface area contributed by atoms with Crippen LogP contribution >= 0.6 is 11.3 Å². The number of hydrogen-bond donors (Lipinski definition) is 1. The highest BCUT2D eigenvalue weighted by atomic mass is 32.1. The van der Waals surface area contributed by atoms with E-state index in [1.165, 1.54) is 23.5 Å². The van der Waals surface area contributed by atoms with Crippen molar-refractivity contribution in [1.82, 2.24) is 10.3 Å². The van der Waals surface area contributed by atoms with Crippen molar-refractivity contribution in [1.29, 1.82) is 0 Å². The molecule has 1 N–H and O–H groups in total. The number of amides is 1. The predicted octanol–water partition coefficient (Wildman–Crippen LogP) is 3.61. The molecule has 1 unspecified atom stereocenters. The molecule has 1 aliphatic heterocycles. The number of ether oxygens (including phenoxy) is 1. The van der Waals surface area contributed by atoms with Crippen molar-refractivity contribution >= 4 is 17.2 Å². The second-order valence-corrected chi connectivity index (χ2v) is 7.33. The summed E-state index contributed by atoms with van der Waals surface area (Å²) >= 11 is 1.36. The fraction of sp³-hybridized carbons (Fsp3) is 0.200. The number of carbonyl (C=O) groups is 1. The summed E-state index contributed by atoms with van der Waals surface area (Å²) < 4.78 is 18.7. The summed E-state index contributed by atoms with van der Waals surface area (Å²) in [7, 11) is 0. The number of carbonyl (C=O) groups excluding carboxylic acids is 1. The van der Waals surface area contributed by atoms with Crippen LogP contribution in [0.4, 0.5) is 4.39 Å². The largest absolute Gasteiger partial charge is 0.491 e. The zero-order valence-electron chi connectivity index (χ0n) is 13.9. The molecule has 0 bridgehead atoms. The maximum Gasteiger partial charge on any atom is 0.263 e. The smallest absolute Gasteiger partial charge is 0.263 e. The second kappa shape index (κ2) is 7.25. The molecule has 0 saturated carbocycles. The van der Waals surface area contributed by atoms with Gasteiger partial charge >= 0.3 is 0 Å². The number of aromatic nitrogens is 1. The molecule has 26 heavy (non-hydrogen) atoms. The molecule has 1 atom stereocenters. The number of benzene rings is 2. The van der Waals surface area contributed by atoms with Gasteiger partial charge in [-0.1, -0.05) is 30.3 Å². The van der Waals surface area contributed by atoms with E-state index in [-0.39, 0.29) is 17.8 Å². The van der Waals surface area contributed by atoms with Crippen LogP contribution in [0.1, 0.15) is 25.8 Å². The first-order chi connectivity index (χ1) is 12.7. The molecule has 4 rings (SSSR count). The Labute approximate surface area is 154 Å². The van der Waals surface area contributed by atoms with Crippen LogP contribution in [-0.4, -0.2) is 23.5 Å². The van der Waals surface area contributed by atoms with Gasteiger partial charge in [0.2, 0.25) is 0 Å². The van der Waals surface area contributed by atoms with Crippen molar-refractivity contribution < 1.29 is 13.9 Å². The minimum Gasteiger partial charge on any atom is -0.491 e. The van der Waals surface area contributed by atoms with Gasteiger partial charge in [0, 0.05) is 6.42 Å². The molecule has 6 heteroatoms. The number of fused-ring (bicyclic) bond motifs is 1. The number of para-hydroxylation sites is 1. The van der Waals surface area contributed by atoms with Crippen molar-refractivity contribution in [2.75, 3.05) is 6.61 Å². The summed E-state index contributed by atoms with van der Waals surface area (Å²) in [4.78, 5) is 17.4. The monoisotopic (exact) mass is 368 g/mol. The predicted molar refractivity (Wildman–Crippen MR) is 98.2 cm³/mol. The van der Waals surface area contributed by atoms with E-state index in [0.29, 0.717) is 17.9 Å². The van der Waals surface area contributed by atoms with Crippen LogP contribution in [0, 0.1) is 5.82 Å². The SMILES string of the molecule is O=C(NC1COc2ccccc2C1)c1cnc(Cc2ccc(F)cc2)s1. The van der Waals surface area contributed by atoms with E-state index in [1.54, 1.807) is 18.3 Å². The Hall–Kier alpha value is -2.73. The number of halogens is 1. The molecule has 1 aromatic heterocycles. The molecule has 4 nitrogen and oxygen atoms in total. The first-order valence-electron chi connectivity index (χ1n) is 8.38. The Kier molecular flexibility index (Phi) is 4.67. The van der Waals surface area contributed by atoms with Gasteiger partial charge in [-0.15, -0.1) is 11.3 Å². The number of hydrogen-bond acceptors (Lipinski definition) is 4. The van der Waals surface area contributed by atoms with Crippen molar-refractivity contribution in [3.05, 3.63) is 81.6 Å². The summed E-state index contributed by atoms with van der Waals surface area (Å²) in [5.41, 5.74) is 2.07. The number of nitrogens with one attached hydrogen (secondary N) is 1. The van der Waals surface area contributed by atoms with Crippen molar-refractivity contribution in [3.8, 4) is 5.75 Å². The van der Waals surface area contributed by atoms with Gasteiger partial charge in [-0.05, 0) is 35.7 Å². The number of rotatable bonds is 4. The first-order valence-corrected chi connectivity index (χ1v) is 9.20. The summed E-state index contributed by atoms with van der Waals surface area (Å²) in [5, 5.41) is 3.84. The van der Waals surface area contributed by atoms with Crippen LogP contribution in [0.15, 0.2) is 54.7 Å². The standard InChI is InChI=1S/C20H17FN2O2S/c21-15-7-5-13(6-8-15)9-19-22-11-18(26-19)20(24)23-16-10-14-3-1-2-4-17(14)25-12-16/h1-8,11,16H,9-10,12H2,(H,23,24). The average molecular weight is 368 g/mol. The molecule has 0 saturated heterocycles. The van der Waals surface area contributed by atoms with Gasteiger partial charge in [-0.3, -0.25) is 4.79 Å². The summed E-state index contributed by atoms with van der Waals surface area (Å²) in [6, 6.07) is 14.1. The molecule has 0 spiro atoms. The third kappa shape index (κ3) is 3.75. The van der Waals surface area contributed by atoms with Gasteiger partial charge in [0.25, 0.3) is 5.91 Å². The lowest BCUT2D eigenvalue weighted by atomic mass is 10.0. The lowest BCUT2D eigenvalue weighted by molar-refractivity contribution is 0.0919. The topological polar surface area (TPSA) is 51.2 Å². The van der Waals surface area contributed by atoms with E-state index in [4.69, 9.17) is 4.74 Å². The summed E-state index contributed by atoms with van der Waals surface area (Å²) in [6.07, 6.45) is 2.93. The van der Waals surface area contributed by atoms with Crippen LogP contribution in [0.2, 0.25) is 0 Å². The Balaban J connectivity index is 1.38. The van der Waals surface area contributed by atoms with Gasteiger partial charge in [0.1, 0.15) is 23.1 Å². The molecular weight excluding hydrogens is 351 g/mol. The van der Waals surface area contributed by atoms with Crippen molar-refractivity contribution in [2.24, 2.45) is 0 Å². The Morgan fingerprint density at radius 2 is 2.04 bits per heavy atom. The van der Waals surface area contributed by atoms with Gasteiger partial charge in [-0.2, -0.15) is 0 Å². The van der Waals surface area contributed by atoms with Crippen molar-refractivity contribution in [2.45, 2.75) is 18.9 Å². The van der Waals surface area contributed by atoms with Crippen LogP contribution in [0.25, 0.3) is 0 Å². The highest BCUT2D eigenvalue weighted by Gasteiger charge is 2.22. The highest BCUT2D eigenvalue weighted by Crippen LogP contribution is 2.24. The zero-order chi connectivity index (χ0) is 17.9. The van der Waals surface area contributed by atoms with Crippen LogP contribution in [0.5, 0.6) is 5.75 Å². The minimum absolute atomic E-state index is 0.0555. The first kappa shape index (κ1) is 16.7. The zero-order valence-corrected chi connectivity index (χ0v) is 14.8. The van der Waals surface area contributed by atoms with E-state index < -0.39 is 0 Å². The minimum atomic E-state index is -0.260. The Bertz CT molecular complexity index is 924.